The number of hydrogen-bond donors (Lipinski definition) is 0. The van der Waals surface area contributed by atoms with Crippen LogP contribution in [0.25, 0.3) is 0 Å². The predicted molar refractivity (Wildman–Crippen MR) is 35.5 cm³/mol. The molecule has 9 heavy (non-hydrogen) atoms. The van der Waals surface area contributed by atoms with E-state index in [-0.39, 0.29) is 0 Å². The van der Waals surface area contributed by atoms with E-state index in [0.717, 1.165) is 19.0 Å². The highest BCUT2D eigenvalue weighted by atomic mass is 15.3. The molecule has 0 fully saturated rings. The van der Waals surface area contributed by atoms with E-state index in [9.17, 15) is 0 Å². The van der Waals surface area contributed by atoms with Gasteiger partial charge in [-0.3, -0.25) is 0 Å². The number of likely N-dealkylation sites (N-methyl/N-ethyl adjacent to an activating group) is 1. The lowest BCUT2D eigenvalue weighted by molar-refractivity contribution is 0.795. The van der Waals surface area contributed by atoms with Crippen LogP contribution >= 0.6 is 0 Å². The van der Waals surface area contributed by atoms with Gasteiger partial charge in [-0.25, -0.2) is 4.98 Å². The molecule has 2 rings (SSSR count). The molecule has 1 aromatic heterocycles. The van der Waals surface area contributed by atoms with Crippen LogP contribution in [0.2, 0.25) is 0 Å². The van der Waals surface area contributed by atoms with Gasteiger partial charge in [0.2, 0.25) is 5.95 Å². The Kier molecular flexibility index (Phi) is 0.806. The molecule has 0 bridgehead atoms. The van der Waals surface area contributed by atoms with Crippen LogP contribution in [-0.2, 0) is 6.54 Å². The largest absolute Gasteiger partial charge is 0.344 e. The lowest BCUT2D eigenvalue weighted by Gasteiger charge is -2.04. The molecule has 0 N–H and O–H groups in total. The second-order valence-electron chi connectivity index (χ2n) is 2.34. The summed E-state index contributed by atoms with van der Waals surface area (Å²) in [5, 5.41) is 0. The number of fused-ring (bicyclic) bond motifs is 1. The van der Waals surface area contributed by atoms with Gasteiger partial charge in [-0.15, -0.1) is 0 Å². The van der Waals surface area contributed by atoms with E-state index in [1.54, 1.807) is 0 Å². The van der Waals surface area contributed by atoms with Gasteiger partial charge in [-0.2, -0.15) is 0 Å². The Labute approximate surface area is 53.9 Å². The maximum atomic E-state index is 4.17. The molecule has 1 aliphatic rings. The summed E-state index contributed by atoms with van der Waals surface area (Å²) in [7, 11) is 2.06. The van der Waals surface area contributed by atoms with E-state index >= 15 is 0 Å². The summed E-state index contributed by atoms with van der Waals surface area (Å²) in [4.78, 5) is 6.32. The quantitative estimate of drug-likeness (QED) is 0.495. The maximum absolute atomic E-state index is 4.17. The molecule has 0 radical (unpaired) electrons. The molecule has 1 aliphatic heterocycles. The first-order valence-electron chi connectivity index (χ1n) is 3.10. The topological polar surface area (TPSA) is 21.1 Å². The zero-order valence-corrected chi connectivity index (χ0v) is 5.41. The lowest BCUT2D eigenvalue weighted by atomic mass is 10.6. The molecular formula is C6H9N3. The van der Waals surface area contributed by atoms with Gasteiger partial charge in [0.1, 0.15) is 0 Å². The number of hydrogen-bond acceptors (Lipinski definition) is 2. The van der Waals surface area contributed by atoms with E-state index in [4.69, 9.17) is 0 Å². The summed E-state index contributed by atoms with van der Waals surface area (Å²) >= 11 is 0. The fourth-order valence-electron chi connectivity index (χ4n) is 1.17. The highest BCUT2D eigenvalue weighted by molar-refractivity contribution is 5.33. The van der Waals surface area contributed by atoms with Crippen molar-refractivity contribution in [2.75, 3.05) is 18.5 Å². The Hall–Kier alpha value is -0.990. The van der Waals surface area contributed by atoms with Crippen molar-refractivity contribution in [2.24, 2.45) is 0 Å². The second-order valence-corrected chi connectivity index (χ2v) is 2.34. The Bertz CT molecular complexity index is 216. The molecule has 0 aliphatic carbocycles. The van der Waals surface area contributed by atoms with Crippen LogP contribution in [-0.4, -0.2) is 23.1 Å². The zero-order valence-electron chi connectivity index (χ0n) is 5.41. The third-order valence-corrected chi connectivity index (χ3v) is 1.71. The fraction of sp³-hybridized carbons (Fsp3) is 0.500. The van der Waals surface area contributed by atoms with E-state index in [1.165, 1.54) is 0 Å². The molecule has 1 aromatic rings. The van der Waals surface area contributed by atoms with Crippen molar-refractivity contribution in [3.63, 3.8) is 0 Å². The molecule has 0 amide bonds. The van der Waals surface area contributed by atoms with Crippen LogP contribution in [0.3, 0.4) is 0 Å². The molecule has 48 valence electrons. The molecule has 0 spiro atoms. The predicted octanol–water partition coefficient (Wildman–Crippen LogP) is 0.333. The minimum absolute atomic E-state index is 1.09. The first kappa shape index (κ1) is 4.85. The summed E-state index contributed by atoms with van der Waals surface area (Å²) in [5.41, 5.74) is 0. The van der Waals surface area contributed by atoms with Gasteiger partial charge in [-0.05, 0) is 0 Å². The molecule has 0 saturated carbocycles. The molecule has 0 atom stereocenters. The average molecular weight is 123 g/mol. The summed E-state index contributed by atoms with van der Waals surface area (Å²) in [5.74, 6) is 1.09. The maximum Gasteiger partial charge on any atom is 0.205 e. The Morgan fingerprint density at radius 2 is 2.44 bits per heavy atom. The molecule has 3 nitrogen and oxygen atoms in total. The Morgan fingerprint density at radius 1 is 1.56 bits per heavy atom. The van der Waals surface area contributed by atoms with Crippen LogP contribution in [0.5, 0.6) is 0 Å². The number of rotatable bonds is 0. The van der Waals surface area contributed by atoms with E-state index in [0.29, 0.717) is 0 Å². The minimum atomic E-state index is 1.09. The number of imidazole rings is 1. The van der Waals surface area contributed by atoms with Crippen LogP contribution in [0.4, 0.5) is 5.95 Å². The van der Waals surface area contributed by atoms with Gasteiger partial charge >= 0.3 is 0 Å². The monoisotopic (exact) mass is 123 g/mol. The highest BCUT2D eigenvalue weighted by Gasteiger charge is 2.14. The average Bonchev–Trinajstić information content (AvgIpc) is 2.35. The smallest absolute Gasteiger partial charge is 0.205 e. The number of anilines is 1. The van der Waals surface area contributed by atoms with Crippen molar-refractivity contribution < 1.29 is 0 Å². The number of aromatic nitrogens is 2. The minimum Gasteiger partial charge on any atom is -0.344 e. The molecule has 0 unspecified atom stereocenters. The number of nitrogens with zero attached hydrogens (tertiary/aromatic N) is 3. The summed E-state index contributed by atoms with van der Waals surface area (Å²) in [6, 6.07) is 0. The standard InChI is InChI=1S/C6H9N3/c1-8-4-5-9-3-2-7-6(8)9/h2-3H,4-5H2,1H3. The Balaban J connectivity index is 2.49. The van der Waals surface area contributed by atoms with Gasteiger partial charge in [0.15, 0.2) is 0 Å². The van der Waals surface area contributed by atoms with Crippen molar-refractivity contribution in [1.29, 1.82) is 0 Å². The van der Waals surface area contributed by atoms with E-state index in [2.05, 4.69) is 21.5 Å². The summed E-state index contributed by atoms with van der Waals surface area (Å²) in [6.45, 7) is 2.19. The molecular weight excluding hydrogens is 114 g/mol. The molecule has 0 aromatic carbocycles. The van der Waals surface area contributed by atoms with Crippen molar-refractivity contribution in [3.05, 3.63) is 12.4 Å². The van der Waals surface area contributed by atoms with Crippen LogP contribution in [0.15, 0.2) is 12.4 Å². The normalized spacial score (nSPS) is 16.3. The van der Waals surface area contributed by atoms with Gasteiger partial charge < -0.3 is 9.47 Å². The fourth-order valence-corrected chi connectivity index (χ4v) is 1.17. The van der Waals surface area contributed by atoms with Crippen LogP contribution < -0.4 is 4.90 Å². The third kappa shape index (κ3) is 0.542. The van der Waals surface area contributed by atoms with Gasteiger partial charge in [0.25, 0.3) is 0 Å². The highest BCUT2D eigenvalue weighted by Crippen LogP contribution is 2.14. The summed E-state index contributed by atoms with van der Waals surface area (Å²) in [6.07, 6.45) is 3.85. The Morgan fingerprint density at radius 3 is 3.22 bits per heavy atom. The van der Waals surface area contributed by atoms with Crippen LogP contribution in [0, 0.1) is 0 Å². The first-order chi connectivity index (χ1) is 4.38. The van der Waals surface area contributed by atoms with E-state index < -0.39 is 0 Å². The molecule has 0 saturated heterocycles. The SMILES string of the molecule is CN1CCn2ccnc21. The third-order valence-electron chi connectivity index (χ3n) is 1.71. The van der Waals surface area contributed by atoms with Crippen molar-refractivity contribution >= 4 is 5.95 Å². The summed E-state index contributed by atoms with van der Waals surface area (Å²) < 4.78 is 2.15. The van der Waals surface area contributed by atoms with Crippen molar-refractivity contribution in [3.8, 4) is 0 Å². The lowest BCUT2D eigenvalue weighted by Crippen LogP contribution is -2.13. The molecule has 3 heteroatoms. The van der Waals surface area contributed by atoms with Gasteiger partial charge in [-0.1, -0.05) is 0 Å². The van der Waals surface area contributed by atoms with Gasteiger partial charge in [0.05, 0.1) is 0 Å². The zero-order chi connectivity index (χ0) is 6.27. The van der Waals surface area contributed by atoms with Crippen molar-refractivity contribution in [1.82, 2.24) is 9.55 Å². The first-order valence-corrected chi connectivity index (χ1v) is 3.10. The molecule has 2 heterocycles. The second kappa shape index (κ2) is 1.50. The van der Waals surface area contributed by atoms with Crippen molar-refractivity contribution in [2.45, 2.75) is 6.54 Å². The van der Waals surface area contributed by atoms with Gasteiger partial charge in [0, 0.05) is 32.5 Å². The van der Waals surface area contributed by atoms with E-state index in [1.807, 2.05) is 12.4 Å². The van der Waals surface area contributed by atoms with Crippen LogP contribution in [0.1, 0.15) is 0 Å².